The summed E-state index contributed by atoms with van der Waals surface area (Å²) in [6.45, 7) is 6.09. The second-order valence-electron chi connectivity index (χ2n) is 7.24. The highest BCUT2D eigenvalue weighted by atomic mass is 35.5. The van der Waals surface area contributed by atoms with Crippen molar-refractivity contribution < 1.29 is 9.47 Å². The van der Waals surface area contributed by atoms with Gasteiger partial charge in [-0.1, -0.05) is 11.6 Å². The third-order valence-corrected chi connectivity index (χ3v) is 6.46. The number of thioether (sulfide) groups is 1. The fourth-order valence-electron chi connectivity index (χ4n) is 3.73. The summed E-state index contributed by atoms with van der Waals surface area (Å²) in [6, 6.07) is 0. The topological polar surface area (TPSA) is 88.5 Å². The molecule has 5 heterocycles. The van der Waals surface area contributed by atoms with E-state index < -0.39 is 0 Å². The van der Waals surface area contributed by atoms with Crippen molar-refractivity contribution in [2.45, 2.75) is 19.1 Å². The minimum absolute atomic E-state index is 0.221. The Morgan fingerprint density at radius 2 is 1.86 bits per heavy atom. The molecule has 3 aliphatic heterocycles. The molecule has 3 fully saturated rings. The van der Waals surface area contributed by atoms with Crippen molar-refractivity contribution >= 4 is 46.3 Å². The van der Waals surface area contributed by atoms with E-state index >= 15 is 0 Å². The molecule has 0 aliphatic carbocycles. The second kappa shape index (κ2) is 8.63. The van der Waals surface area contributed by atoms with Crippen molar-refractivity contribution in [2.75, 3.05) is 67.2 Å². The highest BCUT2D eigenvalue weighted by Crippen LogP contribution is 2.31. The quantitative estimate of drug-likeness (QED) is 0.759. The van der Waals surface area contributed by atoms with Gasteiger partial charge in [0.05, 0.1) is 6.61 Å². The minimum Gasteiger partial charge on any atom is -0.446 e. The van der Waals surface area contributed by atoms with Crippen molar-refractivity contribution in [3.63, 3.8) is 0 Å². The van der Waals surface area contributed by atoms with Gasteiger partial charge in [0.25, 0.3) is 5.88 Å². The van der Waals surface area contributed by atoms with Crippen LogP contribution in [0.3, 0.4) is 0 Å². The number of nitrogens with zero attached hydrogens (tertiary/aromatic N) is 6. The zero-order chi connectivity index (χ0) is 19.6. The molecule has 2 aromatic heterocycles. The summed E-state index contributed by atoms with van der Waals surface area (Å²) in [7, 11) is 0. The predicted octanol–water partition coefficient (Wildman–Crippen LogP) is 1.55. The SMILES string of the molecule is Clc1nc2c(N3CCSCC3)nc(N3CCNCC3)nc2nc1O[C@@H]1CCCO1. The number of anilines is 2. The molecular weight excluding hydrogens is 414 g/mol. The van der Waals surface area contributed by atoms with Gasteiger partial charge in [0, 0.05) is 57.2 Å². The van der Waals surface area contributed by atoms with Crippen LogP contribution < -0.4 is 19.9 Å². The van der Waals surface area contributed by atoms with Crippen LogP contribution in [-0.4, -0.2) is 83.6 Å². The molecule has 0 spiro atoms. The number of ether oxygens (including phenoxy) is 2. The number of fused-ring (bicyclic) bond motifs is 1. The van der Waals surface area contributed by atoms with E-state index in [9.17, 15) is 0 Å². The predicted molar refractivity (Wildman–Crippen MR) is 114 cm³/mol. The van der Waals surface area contributed by atoms with E-state index in [4.69, 9.17) is 31.0 Å². The van der Waals surface area contributed by atoms with E-state index in [1.807, 2.05) is 11.8 Å². The first-order valence-electron chi connectivity index (χ1n) is 10.1. The van der Waals surface area contributed by atoms with Gasteiger partial charge >= 0.3 is 0 Å². The van der Waals surface area contributed by atoms with Crippen molar-refractivity contribution in [3.8, 4) is 5.88 Å². The molecule has 0 aromatic carbocycles. The molecule has 1 atom stereocenters. The molecule has 3 saturated heterocycles. The maximum absolute atomic E-state index is 6.43. The van der Waals surface area contributed by atoms with E-state index in [0.717, 1.165) is 69.4 Å². The first-order valence-corrected chi connectivity index (χ1v) is 11.6. The molecule has 5 rings (SSSR count). The highest BCUT2D eigenvalue weighted by Gasteiger charge is 2.25. The molecule has 9 nitrogen and oxygen atoms in total. The van der Waals surface area contributed by atoms with Crippen LogP contribution in [0.1, 0.15) is 12.8 Å². The largest absolute Gasteiger partial charge is 0.446 e. The average Bonchev–Trinajstić information content (AvgIpc) is 3.28. The van der Waals surface area contributed by atoms with Gasteiger partial charge in [0.2, 0.25) is 12.2 Å². The van der Waals surface area contributed by atoms with Crippen molar-refractivity contribution in [1.82, 2.24) is 25.3 Å². The smallest absolute Gasteiger partial charge is 0.256 e. The average molecular weight is 438 g/mol. The van der Waals surface area contributed by atoms with Crippen LogP contribution in [0.25, 0.3) is 11.2 Å². The molecule has 0 amide bonds. The van der Waals surface area contributed by atoms with E-state index in [1.165, 1.54) is 0 Å². The first kappa shape index (κ1) is 19.3. The van der Waals surface area contributed by atoms with E-state index in [0.29, 0.717) is 23.7 Å². The zero-order valence-electron chi connectivity index (χ0n) is 16.1. The number of rotatable bonds is 4. The van der Waals surface area contributed by atoms with E-state index in [2.05, 4.69) is 25.1 Å². The maximum Gasteiger partial charge on any atom is 0.256 e. The molecule has 0 bridgehead atoms. The summed E-state index contributed by atoms with van der Waals surface area (Å²) in [4.78, 5) is 23.3. The van der Waals surface area contributed by atoms with Gasteiger partial charge in [0.15, 0.2) is 22.1 Å². The Hall–Kier alpha value is -1.62. The second-order valence-corrected chi connectivity index (χ2v) is 8.82. The number of hydrogen-bond donors (Lipinski definition) is 1. The lowest BCUT2D eigenvalue weighted by Gasteiger charge is -2.31. The summed E-state index contributed by atoms with van der Waals surface area (Å²) < 4.78 is 11.4. The van der Waals surface area contributed by atoms with Crippen LogP contribution in [0.5, 0.6) is 5.88 Å². The summed E-state index contributed by atoms with van der Waals surface area (Å²) in [5.74, 6) is 3.90. The van der Waals surface area contributed by atoms with Gasteiger partial charge in [-0.2, -0.15) is 26.7 Å². The normalized spacial score (nSPS) is 23.0. The standard InChI is InChI=1S/C18H24ClN7O2S/c19-14-17(28-12-2-1-9-27-12)22-15-13(21-14)16(25-7-10-29-11-8-25)24-18(23-15)26-5-3-20-4-6-26/h12,20H,1-11H2/t12-/m1/s1. The zero-order valence-corrected chi connectivity index (χ0v) is 17.7. The van der Waals surface area contributed by atoms with Gasteiger partial charge in [-0.05, 0) is 6.42 Å². The molecule has 156 valence electrons. The van der Waals surface area contributed by atoms with Gasteiger partial charge in [0.1, 0.15) is 0 Å². The Kier molecular flexibility index (Phi) is 5.76. The number of aromatic nitrogens is 4. The van der Waals surface area contributed by atoms with Gasteiger partial charge in [-0.25, -0.2) is 4.98 Å². The highest BCUT2D eigenvalue weighted by molar-refractivity contribution is 7.99. The molecule has 0 saturated carbocycles. The van der Waals surface area contributed by atoms with Gasteiger partial charge in [-0.3, -0.25) is 0 Å². The number of piperazine rings is 1. The fraction of sp³-hybridized carbons (Fsp3) is 0.667. The summed E-state index contributed by atoms with van der Waals surface area (Å²) in [5, 5.41) is 3.59. The number of halogens is 1. The monoisotopic (exact) mass is 437 g/mol. The van der Waals surface area contributed by atoms with Crippen LogP contribution in [0.2, 0.25) is 5.15 Å². The van der Waals surface area contributed by atoms with E-state index in [-0.39, 0.29) is 17.3 Å². The lowest BCUT2D eigenvalue weighted by atomic mass is 10.3. The lowest BCUT2D eigenvalue weighted by Crippen LogP contribution is -2.44. The Morgan fingerprint density at radius 1 is 1.03 bits per heavy atom. The van der Waals surface area contributed by atoms with E-state index in [1.54, 1.807) is 0 Å². The first-order chi connectivity index (χ1) is 14.3. The van der Waals surface area contributed by atoms with Gasteiger partial charge < -0.3 is 24.6 Å². The van der Waals surface area contributed by atoms with Crippen LogP contribution in [0.15, 0.2) is 0 Å². The number of hydrogen-bond acceptors (Lipinski definition) is 10. The van der Waals surface area contributed by atoms with Crippen molar-refractivity contribution in [3.05, 3.63) is 5.15 Å². The third kappa shape index (κ3) is 4.16. The Bertz CT molecular complexity index is 871. The molecule has 3 aliphatic rings. The van der Waals surface area contributed by atoms with Crippen molar-refractivity contribution in [1.29, 1.82) is 0 Å². The summed E-state index contributed by atoms with van der Waals surface area (Å²) >= 11 is 8.38. The van der Waals surface area contributed by atoms with Crippen molar-refractivity contribution in [2.24, 2.45) is 0 Å². The summed E-state index contributed by atoms with van der Waals surface area (Å²) in [5.41, 5.74) is 1.14. The molecule has 0 radical (unpaired) electrons. The Balaban J connectivity index is 1.56. The maximum atomic E-state index is 6.43. The molecule has 11 heteroatoms. The minimum atomic E-state index is -0.327. The number of nitrogens with one attached hydrogen (secondary N) is 1. The van der Waals surface area contributed by atoms with Crippen LogP contribution in [0.4, 0.5) is 11.8 Å². The molecule has 2 aromatic rings. The molecule has 1 N–H and O–H groups in total. The van der Waals surface area contributed by atoms with Gasteiger partial charge in [-0.15, -0.1) is 0 Å². The third-order valence-electron chi connectivity index (χ3n) is 5.27. The summed E-state index contributed by atoms with van der Waals surface area (Å²) in [6.07, 6.45) is 1.46. The van der Waals surface area contributed by atoms with Crippen LogP contribution in [0, 0.1) is 0 Å². The lowest BCUT2D eigenvalue weighted by molar-refractivity contribution is -0.0416. The molecule has 0 unspecified atom stereocenters. The van der Waals surface area contributed by atoms with Crippen LogP contribution in [-0.2, 0) is 4.74 Å². The Labute approximate surface area is 178 Å². The Morgan fingerprint density at radius 3 is 2.62 bits per heavy atom. The molecule has 29 heavy (non-hydrogen) atoms. The van der Waals surface area contributed by atoms with Crippen LogP contribution >= 0.6 is 23.4 Å². The molecular formula is C18H24ClN7O2S. The fourth-order valence-corrected chi connectivity index (χ4v) is 4.80.